The van der Waals surface area contributed by atoms with Gasteiger partial charge in [-0.25, -0.2) is 4.72 Å². The second-order valence-corrected chi connectivity index (χ2v) is 7.07. The Morgan fingerprint density at radius 1 is 1.28 bits per heavy atom. The van der Waals surface area contributed by atoms with Crippen molar-refractivity contribution in [2.45, 2.75) is 39.5 Å². The average molecular weight is 277 g/mol. The van der Waals surface area contributed by atoms with Crippen LogP contribution < -0.4 is 10.0 Å². The zero-order chi connectivity index (χ0) is 13.6. The standard InChI is InChI=1S/C12H27N3O2S/c1-4-12(7-8-12)11-14-18(16,17)15(3)10-6-9-13-5-2/h13-14H,4-11H2,1-3H3. The van der Waals surface area contributed by atoms with Gasteiger partial charge in [0.2, 0.25) is 0 Å². The van der Waals surface area contributed by atoms with Gasteiger partial charge in [-0.15, -0.1) is 0 Å². The Hall–Kier alpha value is -0.170. The summed E-state index contributed by atoms with van der Waals surface area (Å²) in [7, 11) is -1.66. The highest BCUT2D eigenvalue weighted by Crippen LogP contribution is 2.47. The van der Waals surface area contributed by atoms with Gasteiger partial charge in [0.05, 0.1) is 0 Å². The first kappa shape index (κ1) is 15.9. The molecule has 0 amide bonds. The molecular formula is C12H27N3O2S. The molecule has 5 nitrogen and oxygen atoms in total. The first-order valence-corrected chi connectivity index (χ1v) is 8.31. The second kappa shape index (κ2) is 6.84. The molecule has 1 aliphatic carbocycles. The fraction of sp³-hybridized carbons (Fsp3) is 1.00. The normalized spacial score (nSPS) is 18.2. The summed E-state index contributed by atoms with van der Waals surface area (Å²) in [6.45, 7) is 7.09. The van der Waals surface area contributed by atoms with E-state index in [0.29, 0.717) is 13.1 Å². The summed E-state index contributed by atoms with van der Waals surface area (Å²) in [6, 6.07) is 0. The minimum absolute atomic E-state index is 0.248. The van der Waals surface area contributed by atoms with Crippen molar-refractivity contribution in [3.8, 4) is 0 Å². The molecule has 0 aromatic carbocycles. The smallest absolute Gasteiger partial charge is 0.279 e. The molecule has 2 N–H and O–H groups in total. The molecule has 1 fully saturated rings. The lowest BCUT2D eigenvalue weighted by Crippen LogP contribution is -2.41. The first-order chi connectivity index (χ1) is 8.46. The lowest BCUT2D eigenvalue weighted by molar-refractivity contribution is 0.425. The molecule has 108 valence electrons. The van der Waals surface area contributed by atoms with E-state index in [1.54, 1.807) is 7.05 Å². The predicted octanol–water partition coefficient (Wildman–Crippen LogP) is 0.942. The van der Waals surface area contributed by atoms with Gasteiger partial charge in [-0.05, 0) is 44.2 Å². The van der Waals surface area contributed by atoms with E-state index in [4.69, 9.17) is 0 Å². The minimum atomic E-state index is -3.30. The van der Waals surface area contributed by atoms with E-state index in [2.05, 4.69) is 17.0 Å². The Balaban J connectivity index is 2.28. The average Bonchev–Trinajstić information content (AvgIpc) is 3.13. The van der Waals surface area contributed by atoms with Gasteiger partial charge in [0, 0.05) is 20.1 Å². The summed E-state index contributed by atoms with van der Waals surface area (Å²) in [5.74, 6) is 0. The third-order valence-corrected chi connectivity index (χ3v) is 5.34. The van der Waals surface area contributed by atoms with E-state index < -0.39 is 10.2 Å². The summed E-state index contributed by atoms with van der Waals surface area (Å²) in [4.78, 5) is 0. The SMILES string of the molecule is CCNCCCN(C)S(=O)(=O)NCC1(CC)CC1. The zero-order valence-electron chi connectivity index (χ0n) is 11.8. The van der Waals surface area contributed by atoms with E-state index in [-0.39, 0.29) is 5.41 Å². The number of rotatable bonds is 10. The molecule has 0 heterocycles. The molecule has 0 aliphatic heterocycles. The maximum atomic E-state index is 12.0. The topological polar surface area (TPSA) is 61.4 Å². The van der Waals surface area contributed by atoms with Crippen molar-refractivity contribution < 1.29 is 8.42 Å². The van der Waals surface area contributed by atoms with Gasteiger partial charge in [-0.3, -0.25) is 0 Å². The van der Waals surface area contributed by atoms with E-state index >= 15 is 0 Å². The summed E-state index contributed by atoms with van der Waals surface area (Å²) in [5, 5.41) is 3.19. The Bertz CT molecular complexity index is 339. The lowest BCUT2D eigenvalue weighted by Gasteiger charge is -2.20. The monoisotopic (exact) mass is 277 g/mol. The van der Waals surface area contributed by atoms with Crippen molar-refractivity contribution in [3.05, 3.63) is 0 Å². The van der Waals surface area contributed by atoms with Crippen molar-refractivity contribution in [2.75, 3.05) is 33.2 Å². The Labute approximate surface area is 112 Å². The summed E-state index contributed by atoms with van der Waals surface area (Å²) >= 11 is 0. The quantitative estimate of drug-likeness (QED) is 0.584. The van der Waals surface area contributed by atoms with Crippen LogP contribution in [0.2, 0.25) is 0 Å². The Morgan fingerprint density at radius 3 is 2.44 bits per heavy atom. The first-order valence-electron chi connectivity index (χ1n) is 6.87. The largest absolute Gasteiger partial charge is 0.317 e. The van der Waals surface area contributed by atoms with Gasteiger partial charge in [0.25, 0.3) is 10.2 Å². The zero-order valence-corrected chi connectivity index (χ0v) is 12.6. The summed E-state index contributed by atoms with van der Waals surface area (Å²) < 4.78 is 28.1. The number of nitrogens with one attached hydrogen (secondary N) is 2. The molecule has 18 heavy (non-hydrogen) atoms. The van der Waals surface area contributed by atoms with Crippen LogP contribution >= 0.6 is 0 Å². The molecule has 0 unspecified atom stereocenters. The van der Waals surface area contributed by atoms with Crippen LogP contribution in [0.25, 0.3) is 0 Å². The van der Waals surface area contributed by atoms with Crippen LogP contribution in [-0.2, 0) is 10.2 Å². The molecule has 0 atom stereocenters. The number of hydrogen-bond acceptors (Lipinski definition) is 3. The molecule has 0 radical (unpaired) electrons. The minimum Gasteiger partial charge on any atom is -0.317 e. The second-order valence-electron chi connectivity index (χ2n) is 5.21. The van der Waals surface area contributed by atoms with Crippen LogP contribution in [0.4, 0.5) is 0 Å². The van der Waals surface area contributed by atoms with Crippen LogP contribution in [0.3, 0.4) is 0 Å². The van der Waals surface area contributed by atoms with Crippen molar-refractivity contribution in [3.63, 3.8) is 0 Å². The molecule has 0 bridgehead atoms. The Morgan fingerprint density at radius 2 is 1.94 bits per heavy atom. The molecule has 0 aromatic rings. The lowest BCUT2D eigenvalue weighted by atomic mass is 10.1. The molecule has 1 rings (SSSR count). The van der Waals surface area contributed by atoms with Gasteiger partial charge in [0.1, 0.15) is 0 Å². The van der Waals surface area contributed by atoms with Crippen LogP contribution in [0.15, 0.2) is 0 Å². The van der Waals surface area contributed by atoms with Gasteiger partial charge in [-0.1, -0.05) is 13.8 Å². The Kier molecular flexibility index (Phi) is 6.04. The van der Waals surface area contributed by atoms with E-state index in [0.717, 1.165) is 38.8 Å². The molecule has 1 aliphatic rings. The van der Waals surface area contributed by atoms with Gasteiger partial charge in [0.15, 0.2) is 0 Å². The highest BCUT2D eigenvalue weighted by molar-refractivity contribution is 7.87. The summed E-state index contributed by atoms with van der Waals surface area (Å²) in [6.07, 6.45) is 4.19. The number of hydrogen-bond donors (Lipinski definition) is 2. The van der Waals surface area contributed by atoms with E-state index in [1.807, 2.05) is 6.92 Å². The maximum absolute atomic E-state index is 12.0. The van der Waals surface area contributed by atoms with Gasteiger partial charge in [-0.2, -0.15) is 12.7 Å². The van der Waals surface area contributed by atoms with E-state index in [9.17, 15) is 8.42 Å². The number of nitrogens with zero attached hydrogens (tertiary/aromatic N) is 1. The molecular weight excluding hydrogens is 250 g/mol. The highest BCUT2D eigenvalue weighted by Gasteiger charge is 2.41. The van der Waals surface area contributed by atoms with Crippen LogP contribution in [0.1, 0.15) is 39.5 Å². The van der Waals surface area contributed by atoms with Crippen LogP contribution in [0, 0.1) is 5.41 Å². The molecule has 6 heteroatoms. The van der Waals surface area contributed by atoms with Crippen LogP contribution in [0.5, 0.6) is 0 Å². The summed E-state index contributed by atoms with van der Waals surface area (Å²) in [5.41, 5.74) is 0.248. The van der Waals surface area contributed by atoms with Gasteiger partial charge >= 0.3 is 0 Å². The van der Waals surface area contributed by atoms with Gasteiger partial charge < -0.3 is 5.32 Å². The fourth-order valence-corrected chi connectivity index (χ4v) is 2.99. The molecule has 1 saturated carbocycles. The molecule has 0 spiro atoms. The third-order valence-electron chi connectivity index (χ3n) is 3.82. The fourth-order valence-electron chi connectivity index (χ4n) is 1.91. The predicted molar refractivity (Wildman–Crippen MR) is 74.7 cm³/mol. The molecule has 0 aromatic heterocycles. The third kappa shape index (κ3) is 4.84. The maximum Gasteiger partial charge on any atom is 0.279 e. The van der Waals surface area contributed by atoms with Crippen LogP contribution in [-0.4, -0.2) is 45.9 Å². The van der Waals surface area contributed by atoms with E-state index in [1.165, 1.54) is 4.31 Å². The highest BCUT2D eigenvalue weighted by atomic mass is 32.2. The van der Waals surface area contributed by atoms with Crippen molar-refractivity contribution in [1.82, 2.24) is 14.3 Å². The van der Waals surface area contributed by atoms with Crippen molar-refractivity contribution in [2.24, 2.45) is 5.41 Å². The van der Waals surface area contributed by atoms with Crippen molar-refractivity contribution in [1.29, 1.82) is 0 Å². The van der Waals surface area contributed by atoms with Crippen molar-refractivity contribution >= 4 is 10.2 Å². The molecule has 0 saturated heterocycles.